The summed E-state index contributed by atoms with van der Waals surface area (Å²) in [6.45, 7) is 7.32. The fourth-order valence-corrected chi connectivity index (χ4v) is 1.71. The standard InChI is InChI=1S/C12H17NO/c1-9-4-5-10-11(8-9)14-12(2,3)6-7-13-10/h4-5,8,13H,6-7H2,1-3H3. The SMILES string of the molecule is Cc1ccc2c(c1)OC(C)(C)CCN2. The lowest BCUT2D eigenvalue weighted by Crippen LogP contribution is -2.28. The predicted molar refractivity (Wildman–Crippen MR) is 59.0 cm³/mol. The van der Waals surface area contributed by atoms with E-state index in [-0.39, 0.29) is 5.60 Å². The fraction of sp³-hybridized carbons (Fsp3) is 0.500. The van der Waals surface area contributed by atoms with E-state index >= 15 is 0 Å². The summed E-state index contributed by atoms with van der Waals surface area (Å²) in [5.74, 6) is 0.979. The van der Waals surface area contributed by atoms with E-state index in [1.54, 1.807) is 0 Å². The summed E-state index contributed by atoms with van der Waals surface area (Å²) in [7, 11) is 0. The Morgan fingerprint density at radius 2 is 2.14 bits per heavy atom. The normalized spacial score (nSPS) is 18.8. The monoisotopic (exact) mass is 191 g/mol. The average molecular weight is 191 g/mol. The Hall–Kier alpha value is -1.18. The van der Waals surface area contributed by atoms with Crippen molar-refractivity contribution in [2.45, 2.75) is 32.8 Å². The van der Waals surface area contributed by atoms with Gasteiger partial charge in [-0.05, 0) is 38.5 Å². The first-order valence-corrected chi connectivity index (χ1v) is 5.10. The average Bonchev–Trinajstić information content (AvgIpc) is 2.21. The Morgan fingerprint density at radius 1 is 1.36 bits per heavy atom. The molecular formula is C12H17NO. The molecule has 0 fully saturated rings. The van der Waals surface area contributed by atoms with Crippen LogP contribution in [0.1, 0.15) is 25.8 Å². The molecule has 2 heteroatoms. The number of benzene rings is 1. The molecule has 0 saturated heterocycles. The van der Waals surface area contributed by atoms with E-state index in [1.165, 1.54) is 5.56 Å². The largest absolute Gasteiger partial charge is 0.486 e. The molecule has 0 spiro atoms. The van der Waals surface area contributed by atoms with E-state index in [4.69, 9.17) is 4.74 Å². The Labute approximate surface area is 85.3 Å². The molecule has 2 rings (SSSR count). The Morgan fingerprint density at radius 3 is 2.93 bits per heavy atom. The van der Waals surface area contributed by atoms with Crippen molar-refractivity contribution in [2.24, 2.45) is 0 Å². The van der Waals surface area contributed by atoms with E-state index in [1.807, 2.05) is 0 Å². The molecule has 1 N–H and O–H groups in total. The van der Waals surface area contributed by atoms with E-state index in [0.29, 0.717) is 0 Å². The van der Waals surface area contributed by atoms with Crippen molar-refractivity contribution in [1.29, 1.82) is 0 Å². The second kappa shape index (κ2) is 3.19. The molecule has 76 valence electrons. The van der Waals surface area contributed by atoms with Gasteiger partial charge in [-0.25, -0.2) is 0 Å². The van der Waals surface area contributed by atoms with Gasteiger partial charge in [-0.15, -0.1) is 0 Å². The number of anilines is 1. The third-order valence-electron chi connectivity index (χ3n) is 2.57. The minimum atomic E-state index is -0.0634. The second-order valence-corrected chi connectivity index (χ2v) is 4.54. The van der Waals surface area contributed by atoms with Gasteiger partial charge in [0.1, 0.15) is 11.4 Å². The molecule has 14 heavy (non-hydrogen) atoms. The van der Waals surface area contributed by atoms with Crippen molar-refractivity contribution in [1.82, 2.24) is 0 Å². The summed E-state index contributed by atoms with van der Waals surface area (Å²) < 4.78 is 5.96. The molecule has 1 aromatic carbocycles. The highest BCUT2D eigenvalue weighted by Gasteiger charge is 2.23. The van der Waals surface area contributed by atoms with Gasteiger partial charge < -0.3 is 10.1 Å². The van der Waals surface area contributed by atoms with Gasteiger partial charge in [-0.2, -0.15) is 0 Å². The van der Waals surface area contributed by atoms with Crippen LogP contribution in [0.15, 0.2) is 18.2 Å². The number of ether oxygens (including phenoxy) is 1. The van der Waals surface area contributed by atoms with Crippen LogP contribution in [-0.4, -0.2) is 12.1 Å². The molecule has 0 bridgehead atoms. The molecule has 2 nitrogen and oxygen atoms in total. The molecule has 1 aliphatic rings. The molecular weight excluding hydrogens is 174 g/mol. The van der Waals surface area contributed by atoms with Gasteiger partial charge in [-0.3, -0.25) is 0 Å². The van der Waals surface area contributed by atoms with Crippen LogP contribution < -0.4 is 10.1 Å². The van der Waals surface area contributed by atoms with Crippen LogP contribution >= 0.6 is 0 Å². The number of hydrogen-bond acceptors (Lipinski definition) is 2. The first-order chi connectivity index (χ1) is 6.57. The van der Waals surface area contributed by atoms with E-state index in [2.05, 4.69) is 44.3 Å². The second-order valence-electron chi connectivity index (χ2n) is 4.54. The maximum atomic E-state index is 5.96. The van der Waals surface area contributed by atoms with Gasteiger partial charge >= 0.3 is 0 Å². The van der Waals surface area contributed by atoms with Crippen molar-refractivity contribution in [3.05, 3.63) is 23.8 Å². The van der Waals surface area contributed by atoms with Gasteiger partial charge in [0.15, 0.2) is 0 Å². The zero-order valence-electron chi connectivity index (χ0n) is 9.05. The number of aryl methyl sites for hydroxylation is 1. The zero-order chi connectivity index (χ0) is 10.2. The van der Waals surface area contributed by atoms with Gasteiger partial charge in [0.2, 0.25) is 0 Å². The fourth-order valence-electron chi connectivity index (χ4n) is 1.71. The molecule has 0 amide bonds. The van der Waals surface area contributed by atoms with Crippen molar-refractivity contribution in [2.75, 3.05) is 11.9 Å². The van der Waals surface area contributed by atoms with E-state index in [9.17, 15) is 0 Å². The summed E-state index contributed by atoms with van der Waals surface area (Å²) >= 11 is 0. The van der Waals surface area contributed by atoms with Gasteiger partial charge in [0.25, 0.3) is 0 Å². The smallest absolute Gasteiger partial charge is 0.143 e. The highest BCUT2D eigenvalue weighted by Crippen LogP contribution is 2.32. The third kappa shape index (κ3) is 1.84. The predicted octanol–water partition coefficient (Wildman–Crippen LogP) is 2.97. The number of nitrogens with one attached hydrogen (secondary N) is 1. The molecule has 1 aromatic rings. The van der Waals surface area contributed by atoms with Crippen LogP contribution in [-0.2, 0) is 0 Å². The van der Waals surface area contributed by atoms with Gasteiger partial charge in [0, 0.05) is 13.0 Å². The lowest BCUT2D eigenvalue weighted by Gasteiger charge is -2.24. The lowest BCUT2D eigenvalue weighted by molar-refractivity contribution is 0.108. The minimum absolute atomic E-state index is 0.0634. The van der Waals surface area contributed by atoms with Crippen molar-refractivity contribution in [3.8, 4) is 5.75 Å². The molecule has 0 aliphatic carbocycles. The minimum Gasteiger partial charge on any atom is -0.486 e. The van der Waals surface area contributed by atoms with Crippen LogP contribution in [0.4, 0.5) is 5.69 Å². The highest BCUT2D eigenvalue weighted by molar-refractivity contribution is 5.58. The molecule has 1 aliphatic heterocycles. The molecule has 0 aromatic heterocycles. The molecule has 0 unspecified atom stereocenters. The Balaban J connectivity index is 2.38. The topological polar surface area (TPSA) is 21.3 Å². The number of hydrogen-bond donors (Lipinski definition) is 1. The van der Waals surface area contributed by atoms with Crippen LogP contribution in [0.5, 0.6) is 5.75 Å². The first kappa shape index (κ1) is 9.38. The van der Waals surface area contributed by atoms with Gasteiger partial charge in [0.05, 0.1) is 5.69 Å². The summed E-state index contributed by atoms with van der Waals surface area (Å²) in [5.41, 5.74) is 2.29. The maximum absolute atomic E-state index is 5.96. The molecule has 0 saturated carbocycles. The zero-order valence-corrected chi connectivity index (χ0v) is 9.05. The molecule has 0 atom stereocenters. The molecule has 0 radical (unpaired) electrons. The van der Waals surface area contributed by atoms with Crippen LogP contribution in [0, 0.1) is 6.92 Å². The number of rotatable bonds is 0. The quantitative estimate of drug-likeness (QED) is 0.680. The highest BCUT2D eigenvalue weighted by atomic mass is 16.5. The van der Waals surface area contributed by atoms with Crippen molar-refractivity contribution >= 4 is 5.69 Å². The molecule has 1 heterocycles. The van der Waals surface area contributed by atoms with Crippen LogP contribution in [0.3, 0.4) is 0 Å². The summed E-state index contributed by atoms with van der Waals surface area (Å²) in [4.78, 5) is 0. The lowest BCUT2D eigenvalue weighted by atomic mass is 10.1. The summed E-state index contributed by atoms with van der Waals surface area (Å²) in [6.07, 6.45) is 1.03. The Kier molecular flexibility index (Phi) is 2.14. The van der Waals surface area contributed by atoms with Crippen molar-refractivity contribution in [3.63, 3.8) is 0 Å². The maximum Gasteiger partial charge on any atom is 0.143 e. The summed E-state index contributed by atoms with van der Waals surface area (Å²) in [6, 6.07) is 6.29. The van der Waals surface area contributed by atoms with Gasteiger partial charge in [-0.1, -0.05) is 6.07 Å². The number of fused-ring (bicyclic) bond motifs is 1. The third-order valence-corrected chi connectivity index (χ3v) is 2.57. The Bertz CT molecular complexity index is 344. The van der Waals surface area contributed by atoms with E-state index < -0.39 is 0 Å². The van der Waals surface area contributed by atoms with Crippen LogP contribution in [0.2, 0.25) is 0 Å². The van der Waals surface area contributed by atoms with Crippen LogP contribution in [0.25, 0.3) is 0 Å². The van der Waals surface area contributed by atoms with Crippen molar-refractivity contribution < 1.29 is 4.74 Å². The summed E-state index contributed by atoms with van der Waals surface area (Å²) in [5, 5.41) is 3.38. The van der Waals surface area contributed by atoms with E-state index in [0.717, 1.165) is 24.4 Å². The first-order valence-electron chi connectivity index (χ1n) is 5.10.